The van der Waals surface area contributed by atoms with Gasteiger partial charge in [0.1, 0.15) is 5.82 Å². The lowest BCUT2D eigenvalue weighted by atomic mass is 10.1. The molecule has 0 saturated heterocycles. The highest BCUT2D eigenvalue weighted by atomic mass is 15.3. The molecule has 0 amide bonds. The van der Waals surface area contributed by atoms with Crippen LogP contribution in [0.15, 0.2) is 30.8 Å². The molecule has 2 aromatic rings. The van der Waals surface area contributed by atoms with E-state index in [4.69, 9.17) is 0 Å². The summed E-state index contributed by atoms with van der Waals surface area (Å²) in [5.74, 6) is 2.09. The summed E-state index contributed by atoms with van der Waals surface area (Å²) >= 11 is 0. The number of benzene rings is 1. The summed E-state index contributed by atoms with van der Waals surface area (Å²) in [6, 6.07) is 8.23. The van der Waals surface area contributed by atoms with E-state index in [-0.39, 0.29) is 0 Å². The number of aryl methyl sites for hydroxylation is 1. The van der Waals surface area contributed by atoms with Crippen molar-refractivity contribution in [3.63, 3.8) is 0 Å². The molecule has 0 N–H and O–H groups in total. The van der Waals surface area contributed by atoms with Gasteiger partial charge in [-0.1, -0.05) is 38.6 Å². The molecule has 88 valence electrons. The molecule has 0 fully saturated rings. The van der Waals surface area contributed by atoms with E-state index >= 15 is 0 Å². The highest BCUT2D eigenvalue weighted by Gasteiger charge is 2.15. The molecule has 0 saturated carbocycles. The average molecular weight is 227 g/mol. The van der Waals surface area contributed by atoms with Gasteiger partial charge in [0.05, 0.1) is 5.69 Å². The van der Waals surface area contributed by atoms with Crippen LogP contribution in [0, 0.1) is 6.92 Å². The average Bonchev–Trinajstić information content (AvgIpc) is 2.73. The first-order chi connectivity index (χ1) is 8.15. The third kappa shape index (κ3) is 2.00. The van der Waals surface area contributed by atoms with Crippen LogP contribution in [-0.2, 0) is 0 Å². The molecule has 0 spiro atoms. The second-order valence-electron chi connectivity index (χ2n) is 4.40. The standard InChI is InChI=1S/C14H17N3/c1-5-13-15-16-14(10(2)3)17(13)12-9-7-6-8-11(12)4/h5-10H,1H2,2-4H3. The SMILES string of the molecule is C=Cc1nnc(C(C)C)n1-c1ccccc1C. The summed E-state index contributed by atoms with van der Waals surface area (Å²) in [7, 11) is 0. The Kier molecular flexibility index (Phi) is 3.09. The van der Waals surface area contributed by atoms with E-state index in [1.807, 2.05) is 12.1 Å². The first-order valence-electron chi connectivity index (χ1n) is 5.79. The first kappa shape index (κ1) is 11.6. The molecule has 1 aromatic heterocycles. The van der Waals surface area contributed by atoms with Crippen molar-refractivity contribution in [2.45, 2.75) is 26.7 Å². The van der Waals surface area contributed by atoms with Crippen LogP contribution in [0.4, 0.5) is 0 Å². The van der Waals surface area contributed by atoms with Crippen LogP contribution in [0.1, 0.15) is 37.0 Å². The smallest absolute Gasteiger partial charge is 0.160 e. The Bertz CT molecular complexity index is 538. The Balaban J connectivity index is 2.69. The molecule has 0 aliphatic carbocycles. The molecule has 0 aliphatic heterocycles. The minimum absolute atomic E-state index is 0.329. The number of rotatable bonds is 3. The summed E-state index contributed by atoms with van der Waals surface area (Å²) in [6.45, 7) is 10.1. The summed E-state index contributed by atoms with van der Waals surface area (Å²) in [6.07, 6.45) is 1.74. The Morgan fingerprint density at radius 1 is 1.24 bits per heavy atom. The molecule has 1 heterocycles. The molecule has 3 nitrogen and oxygen atoms in total. The van der Waals surface area contributed by atoms with Crippen molar-refractivity contribution in [3.8, 4) is 5.69 Å². The van der Waals surface area contributed by atoms with Crippen molar-refractivity contribution in [2.24, 2.45) is 0 Å². The topological polar surface area (TPSA) is 30.7 Å². The number of para-hydroxylation sites is 1. The van der Waals surface area contributed by atoms with Crippen molar-refractivity contribution < 1.29 is 0 Å². The van der Waals surface area contributed by atoms with E-state index in [9.17, 15) is 0 Å². The third-order valence-electron chi connectivity index (χ3n) is 2.77. The van der Waals surface area contributed by atoms with E-state index < -0.39 is 0 Å². The van der Waals surface area contributed by atoms with Crippen LogP contribution in [0.3, 0.4) is 0 Å². The van der Waals surface area contributed by atoms with Gasteiger partial charge in [-0.15, -0.1) is 10.2 Å². The predicted octanol–water partition coefficient (Wildman–Crippen LogP) is 3.34. The number of aromatic nitrogens is 3. The third-order valence-corrected chi connectivity index (χ3v) is 2.77. The molecule has 0 aliphatic rings. The van der Waals surface area contributed by atoms with Gasteiger partial charge in [0.15, 0.2) is 5.82 Å². The van der Waals surface area contributed by atoms with Crippen LogP contribution in [0.25, 0.3) is 11.8 Å². The highest BCUT2D eigenvalue weighted by Crippen LogP contribution is 2.22. The number of hydrogen-bond acceptors (Lipinski definition) is 2. The van der Waals surface area contributed by atoms with Crippen molar-refractivity contribution in [3.05, 3.63) is 48.1 Å². The lowest BCUT2D eigenvalue weighted by Gasteiger charge is -2.13. The molecular formula is C14H17N3. The highest BCUT2D eigenvalue weighted by molar-refractivity contribution is 5.48. The van der Waals surface area contributed by atoms with Gasteiger partial charge in [-0.25, -0.2) is 0 Å². The number of hydrogen-bond donors (Lipinski definition) is 0. The fourth-order valence-electron chi connectivity index (χ4n) is 1.88. The zero-order valence-electron chi connectivity index (χ0n) is 10.5. The van der Waals surface area contributed by atoms with Crippen molar-refractivity contribution in [1.29, 1.82) is 0 Å². The summed E-state index contributed by atoms with van der Waals surface area (Å²) in [4.78, 5) is 0. The Morgan fingerprint density at radius 3 is 2.53 bits per heavy atom. The van der Waals surface area contributed by atoms with Crippen LogP contribution >= 0.6 is 0 Å². The van der Waals surface area contributed by atoms with Crippen LogP contribution < -0.4 is 0 Å². The maximum atomic E-state index is 4.25. The number of nitrogens with zero attached hydrogens (tertiary/aromatic N) is 3. The van der Waals surface area contributed by atoms with Gasteiger partial charge in [-0.2, -0.15) is 0 Å². The summed E-state index contributed by atoms with van der Waals surface area (Å²) < 4.78 is 2.08. The van der Waals surface area contributed by atoms with E-state index in [2.05, 4.69) is 54.2 Å². The predicted molar refractivity (Wildman–Crippen MR) is 70.3 cm³/mol. The van der Waals surface area contributed by atoms with Crippen LogP contribution in [-0.4, -0.2) is 14.8 Å². The van der Waals surface area contributed by atoms with E-state index in [0.717, 1.165) is 17.3 Å². The molecule has 0 bridgehead atoms. The molecule has 2 rings (SSSR count). The Labute approximate surface area is 102 Å². The second kappa shape index (κ2) is 4.53. The second-order valence-corrected chi connectivity index (χ2v) is 4.40. The van der Waals surface area contributed by atoms with E-state index in [1.54, 1.807) is 6.08 Å². The zero-order valence-corrected chi connectivity index (χ0v) is 10.5. The molecular weight excluding hydrogens is 210 g/mol. The van der Waals surface area contributed by atoms with Gasteiger partial charge in [0.2, 0.25) is 0 Å². The minimum Gasteiger partial charge on any atom is -0.279 e. The Hall–Kier alpha value is -1.90. The fourth-order valence-corrected chi connectivity index (χ4v) is 1.88. The molecule has 0 atom stereocenters. The largest absolute Gasteiger partial charge is 0.279 e. The quantitative estimate of drug-likeness (QED) is 0.805. The van der Waals surface area contributed by atoms with Crippen molar-refractivity contribution >= 4 is 6.08 Å². The minimum atomic E-state index is 0.329. The van der Waals surface area contributed by atoms with Crippen molar-refractivity contribution in [1.82, 2.24) is 14.8 Å². The summed E-state index contributed by atoms with van der Waals surface area (Å²) in [5, 5.41) is 8.41. The maximum absolute atomic E-state index is 4.25. The molecule has 1 aromatic carbocycles. The normalized spacial score (nSPS) is 10.8. The van der Waals surface area contributed by atoms with E-state index in [1.165, 1.54) is 5.56 Å². The monoisotopic (exact) mass is 227 g/mol. The first-order valence-corrected chi connectivity index (χ1v) is 5.79. The van der Waals surface area contributed by atoms with Gasteiger partial charge >= 0.3 is 0 Å². The Morgan fingerprint density at radius 2 is 1.94 bits per heavy atom. The molecule has 3 heteroatoms. The van der Waals surface area contributed by atoms with Crippen LogP contribution in [0.5, 0.6) is 0 Å². The van der Waals surface area contributed by atoms with Gasteiger partial charge in [-0.3, -0.25) is 4.57 Å². The lowest BCUT2D eigenvalue weighted by molar-refractivity contribution is 0.743. The van der Waals surface area contributed by atoms with Gasteiger partial charge < -0.3 is 0 Å². The fraction of sp³-hybridized carbons (Fsp3) is 0.286. The van der Waals surface area contributed by atoms with Crippen LogP contribution in [0.2, 0.25) is 0 Å². The van der Waals surface area contributed by atoms with E-state index in [0.29, 0.717) is 5.92 Å². The lowest BCUT2D eigenvalue weighted by Crippen LogP contribution is -2.06. The molecule has 0 radical (unpaired) electrons. The molecule has 0 unspecified atom stereocenters. The summed E-state index contributed by atoms with van der Waals surface area (Å²) in [5.41, 5.74) is 2.33. The zero-order chi connectivity index (χ0) is 12.4. The van der Waals surface area contributed by atoms with Gasteiger partial charge in [0.25, 0.3) is 0 Å². The van der Waals surface area contributed by atoms with Gasteiger partial charge in [-0.05, 0) is 24.6 Å². The van der Waals surface area contributed by atoms with Crippen molar-refractivity contribution in [2.75, 3.05) is 0 Å². The van der Waals surface area contributed by atoms with Gasteiger partial charge in [0, 0.05) is 5.92 Å². The maximum Gasteiger partial charge on any atom is 0.160 e. The molecule has 17 heavy (non-hydrogen) atoms.